The van der Waals surface area contributed by atoms with Gasteiger partial charge >= 0.3 is 0 Å². The Bertz CT molecular complexity index is 1410. The van der Waals surface area contributed by atoms with Gasteiger partial charge in [-0.1, -0.05) is 42.8 Å². The first kappa shape index (κ1) is 31.2. The van der Waals surface area contributed by atoms with Crippen LogP contribution in [-0.2, 0) is 26.2 Å². The quantitative estimate of drug-likeness (QED) is 0.288. The summed E-state index contributed by atoms with van der Waals surface area (Å²) in [5.74, 6) is -1.57. The third-order valence-electron chi connectivity index (χ3n) is 6.72. The molecule has 1 N–H and O–H groups in total. The number of nitrogens with zero attached hydrogens (tertiary/aromatic N) is 2. The lowest BCUT2D eigenvalue weighted by molar-refractivity contribution is -0.139. The van der Waals surface area contributed by atoms with Gasteiger partial charge in [0.15, 0.2) is 0 Å². The van der Waals surface area contributed by atoms with Crippen LogP contribution in [0.1, 0.15) is 38.3 Å². The summed E-state index contributed by atoms with van der Waals surface area (Å²) < 4.78 is 43.4. The highest BCUT2D eigenvalue weighted by Crippen LogP contribution is 2.26. The van der Waals surface area contributed by atoms with Gasteiger partial charge in [-0.15, -0.1) is 11.8 Å². The molecular weight excluding hydrogens is 549 g/mol. The van der Waals surface area contributed by atoms with E-state index in [0.717, 1.165) is 14.8 Å². The van der Waals surface area contributed by atoms with Crippen molar-refractivity contribution >= 4 is 39.3 Å². The molecule has 2 atom stereocenters. The lowest BCUT2D eigenvalue weighted by atomic mass is 10.1. The second kappa shape index (κ2) is 13.8. The number of rotatable bonds is 12. The molecule has 3 rings (SSSR count). The van der Waals surface area contributed by atoms with Gasteiger partial charge in [-0.2, -0.15) is 0 Å². The van der Waals surface area contributed by atoms with E-state index < -0.39 is 40.2 Å². The summed E-state index contributed by atoms with van der Waals surface area (Å²) in [5.41, 5.74) is 1.44. The molecule has 2 amide bonds. The highest BCUT2D eigenvalue weighted by atomic mass is 32.2. The van der Waals surface area contributed by atoms with E-state index in [1.165, 1.54) is 47.0 Å². The monoisotopic (exact) mass is 585 g/mol. The van der Waals surface area contributed by atoms with Crippen molar-refractivity contribution in [3.05, 3.63) is 89.7 Å². The number of halogens is 1. The third kappa shape index (κ3) is 7.63. The molecule has 0 aromatic heterocycles. The predicted octanol–water partition coefficient (Wildman–Crippen LogP) is 5.38. The average molecular weight is 586 g/mol. The van der Waals surface area contributed by atoms with Gasteiger partial charge in [0.1, 0.15) is 18.4 Å². The minimum Gasteiger partial charge on any atom is -0.352 e. The number of sulfonamides is 1. The number of aryl methyl sites for hydroxylation is 1. The Hall–Kier alpha value is -3.37. The van der Waals surface area contributed by atoms with E-state index in [1.807, 2.05) is 27.0 Å². The molecule has 0 spiro atoms. The van der Waals surface area contributed by atoms with Crippen LogP contribution in [0.2, 0.25) is 0 Å². The molecule has 0 aliphatic heterocycles. The molecule has 0 saturated carbocycles. The smallest absolute Gasteiger partial charge is 0.264 e. The van der Waals surface area contributed by atoms with Crippen LogP contribution in [0.3, 0.4) is 0 Å². The second-order valence-corrected chi connectivity index (χ2v) is 12.4. The fourth-order valence-corrected chi connectivity index (χ4v) is 5.80. The van der Waals surface area contributed by atoms with Crippen LogP contribution < -0.4 is 9.62 Å². The second-order valence-electron chi connectivity index (χ2n) is 9.63. The van der Waals surface area contributed by atoms with Crippen molar-refractivity contribution in [2.75, 3.05) is 17.1 Å². The largest absolute Gasteiger partial charge is 0.352 e. The zero-order chi connectivity index (χ0) is 29.4. The maximum absolute atomic E-state index is 14.6. The number of amides is 2. The van der Waals surface area contributed by atoms with Crippen molar-refractivity contribution < 1.29 is 22.4 Å². The molecule has 0 heterocycles. The van der Waals surface area contributed by atoms with Crippen LogP contribution in [-0.4, -0.2) is 50.0 Å². The number of nitrogens with one attached hydrogen (secondary N) is 1. The molecule has 40 heavy (non-hydrogen) atoms. The van der Waals surface area contributed by atoms with Gasteiger partial charge in [-0.3, -0.25) is 13.9 Å². The minimum atomic E-state index is -4.17. The number of anilines is 1. The summed E-state index contributed by atoms with van der Waals surface area (Å²) in [7, 11) is -4.17. The summed E-state index contributed by atoms with van der Waals surface area (Å²) in [6.07, 6.45) is 2.58. The highest BCUT2D eigenvalue weighted by Gasteiger charge is 2.33. The lowest BCUT2D eigenvalue weighted by Gasteiger charge is -2.32. The van der Waals surface area contributed by atoms with E-state index in [-0.39, 0.29) is 23.0 Å². The molecule has 0 unspecified atom stereocenters. The van der Waals surface area contributed by atoms with Gasteiger partial charge in [-0.25, -0.2) is 12.8 Å². The molecular formula is C30H36FN3O4S2. The summed E-state index contributed by atoms with van der Waals surface area (Å²) in [6, 6.07) is 18.1. The summed E-state index contributed by atoms with van der Waals surface area (Å²) in [4.78, 5) is 29.1. The predicted molar refractivity (Wildman–Crippen MR) is 158 cm³/mol. The van der Waals surface area contributed by atoms with Crippen LogP contribution in [0.15, 0.2) is 82.6 Å². The number of thioether (sulfide) groups is 1. The number of hydrogen-bond acceptors (Lipinski definition) is 5. The van der Waals surface area contributed by atoms with E-state index in [2.05, 4.69) is 5.32 Å². The van der Waals surface area contributed by atoms with Gasteiger partial charge in [-0.05, 0) is 75.9 Å². The first-order valence-corrected chi connectivity index (χ1v) is 15.7. The molecule has 214 valence electrons. The van der Waals surface area contributed by atoms with E-state index >= 15 is 0 Å². The van der Waals surface area contributed by atoms with Crippen LogP contribution in [0.25, 0.3) is 0 Å². The van der Waals surface area contributed by atoms with Crippen molar-refractivity contribution in [2.45, 2.75) is 62.5 Å². The highest BCUT2D eigenvalue weighted by molar-refractivity contribution is 7.98. The molecule has 7 nitrogen and oxygen atoms in total. The first-order valence-electron chi connectivity index (χ1n) is 13.0. The average Bonchev–Trinajstić information content (AvgIpc) is 2.95. The zero-order valence-electron chi connectivity index (χ0n) is 23.4. The van der Waals surface area contributed by atoms with Crippen molar-refractivity contribution in [2.24, 2.45) is 0 Å². The minimum absolute atomic E-state index is 0.0295. The number of carbonyl (C=O) groups excluding carboxylic acids is 2. The van der Waals surface area contributed by atoms with Gasteiger partial charge in [0.2, 0.25) is 11.8 Å². The molecule has 0 aliphatic rings. The molecule has 10 heteroatoms. The molecule has 0 aliphatic carbocycles. The molecule has 3 aromatic carbocycles. The van der Waals surface area contributed by atoms with E-state index in [9.17, 15) is 22.4 Å². The number of carbonyl (C=O) groups is 2. The zero-order valence-corrected chi connectivity index (χ0v) is 25.1. The number of hydrogen-bond donors (Lipinski definition) is 1. The Kier molecular flexibility index (Phi) is 10.8. The molecule has 0 saturated heterocycles. The normalized spacial score (nSPS) is 12.8. The summed E-state index contributed by atoms with van der Waals surface area (Å²) >= 11 is 1.48. The van der Waals surface area contributed by atoms with Crippen LogP contribution in [0, 0.1) is 12.7 Å². The summed E-state index contributed by atoms with van der Waals surface area (Å²) in [5, 5.41) is 2.86. The van der Waals surface area contributed by atoms with Crippen molar-refractivity contribution in [3.8, 4) is 0 Å². The number of benzene rings is 3. The Balaban J connectivity index is 2.03. The SMILES string of the molecule is CC[C@@H](C)NC(=O)[C@@H](C)N(Cc1ccccc1F)C(=O)CN(c1ccc(C)cc1)S(=O)(=O)c1ccc(SC)cc1. The maximum Gasteiger partial charge on any atom is 0.264 e. The van der Waals surface area contributed by atoms with E-state index in [4.69, 9.17) is 0 Å². The van der Waals surface area contributed by atoms with Crippen molar-refractivity contribution in [3.63, 3.8) is 0 Å². The van der Waals surface area contributed by atoms with E-state index in [0.29, 0.717) is 12.1 Å². The van der Waals surface area contributed by atoms with E-state index in [1.54, 1.807) is 49.4 Å². The van der Waals surface area contributed by atoms with Gasteiger partial charge in [0, 0.05) is 23.0 Å². The fraction of sp³-hybridized carbons (Fsp3) is 0.333. The lowest BCUT2D eigenvalue weighted by Crippen LogP contribution is -2.52. The summed E-state index contributed by atoms with van der Waals surface area (Å²) in [6.45, 7) is 6.43. The first-order chi connectivity index (χ1) is 19.0. The van der Waals surface area contributed by atoms with Gasteiger partial charge < -0.3 is 10.2 Å². The van der Waals surface area contributed by atoms with Crippen LogP contribution >= 0.6 is 11.8 Å². The van der Waals surface area contributed by atoms with Crippen LogP contribution in [0.4, 0.5) is 10.1 Å². The standard InChI is InChI=1S/C30H36FN3O4S2/c1-6-22(3)32-30(36)23(4)33(19-24-9-7-8-10-28(24)31)29(35)20-34(25-13-11-21(2)12-14-25)40(37,38)27-17-15-26(39-5)16-18-27/h7-18,22-23H,6,19-20H2,1-5H3,(H,32,36)/t22-,23-/m1/s1. The Morgan fingerprint density at radius 3 is 2.17 bits per heavy atom. The van der Waals surface area contributed by atoms with Gasteiger partial charge in [0.05, 0.1) is 10.6 Å². The maximum atomic E-state index is 14.6. The molecule has 0 bridgehead atoms. The fourth-order valence-electron chi connectivity index (χ4n) is 3.97. The Labute approximate surface area is 240 Å². The van der Waals surface area contributed by atoms with Crippen LogP contribution in [0.5, 0.6) is 0 Å². The van der Waals surface area contributed by atoms with Crippen molar-refractivity contribution in [1.29, 1.82) is 0 Å². The topological polar surface area (TPSA) is 86.8 Å². The van der Waals surface area contributed by atoms with Gasteiger partial charge in [0.25, 0.3) is 10.0 Å². The molecule has 3 aromatic rings. The Morgan fingerprint density at radius 1 is 0.975 bits per heavy atom. The molecule has 0 fully saturated rings. The van der Waals surface area contributed by atoms with Crippen molar-refractivity contribution in [1.82, 2.24) is 10.2 Å². The molecule has 0 radical (unpaired) electrons. The third-order valence-corrected chi connectivity index (χ3v) is 9.25. The Morgan fingerprint density at radius 2 is 1.60 bits per heavy atom.